The van der Waals surface area contributed by atoms with Crippen LogP contribution in [0, 0.1) is 23.5 Å². The molecule has 1 heterocycles. The molecule has 1 fully saturated rings. The fourth-order valence-electron chi connectivity index (χ4n) is 2.56. The van der Waals surface area contributed by atoms with Crippen molar-refractivity contribution < 1.29 is 23.5 Å². The topological polar surface area (TPSA) is 69.6 Å². The zero-order valence-electron chi connectivity index (χ0n) is 12.9. The van der Waals surface area contributed by atoms with E-state index in [4.69, 9.17) is 5.11 Å². The Hall–Kier alpha value is -2.02. The molecule has 1 aliphatic heterocycles. The van der Waals surface area contributed by atoms with E-state index in [0.717, 1.165) is 6.07 Å². The van der Waals surface area contributed by atoms with E-state index in [1.807, 2.05) is 6.92 Å². The van der Waals surface area contributed by atoms with E-state index in [1.165, 1.54) is 11.0 Å². The minimum Gasteiger partial charge on any atom is -0.396 e. The highest BCUT2D eigenvalue weighted by molar-refractivity contribution is 6.00. The van der Waals surface area contributed by atoms with Crippen LogP contribution in [-0.4, -0.2) is 36.6 Å². The van der Waals surface area contributed by atoms with Crippen molar-refractivity contribution in [3.05, 3.63) is 29.8 Å². The fraction of sp³-hybridized carbons (Fsp3) is 0.500. The van der Waals surface area contributed by atoms with Gasteiger partial charge in [0.15, 0.2) is 0 Å². The maximum Gasteiger partial charge on any atom is 0.227 e. The molecule has 2 unspecified atom stereocenters. The lowest BCUT2D eigenvalue weighted by Gasteiger charge is -2.18. The van der Waals surface area contributed by atoms with Gasteiger partial charge in [-0.3, -0.25) is 9.59 Å². The van der Waals surface area contributed by atoms with Gasteiger partial charge in [-0.15, -0.1) is 0 Å². The number of aliphatic hydroxyl groups is 1. The maximum atomic E-state index is 13.8. The largest absolute Gasteiger partial charge is 0.396 e. The summed E-state index contributed by atoms with van der Waals surface area (Å²) in [6.07, 6.45) is 0.577. The molecule has 2 atom stereocenters. The highest BCUT2D eigenvalue weighted by Gasteiger charge is 2.36. The number of benzene rings is 1. The maximum absolute atomic E-state index is 13.8. The highest BCUT2D eigenvalue weighted by atomic mass is 19.1. The first-order valence-electron chi connectivity index (χ1n) is 7.56. The predicted molar refractivity (Wildman–Crippen MR) is 80.7 cm³/mol. The average Bonchev–Trinajstić information content (AvgIpc) is 2.87. The van der Waals surface area contributed by atoms with E-state index >= 15 is 0 Å². The smallest absolute Gasteiger partial charge is 0.227 e. The number of anilines is 1. The van der Waals surface area contributed by atoms with Crippen molar-refractivity contribution in [3.63, 3.8) is 0 Å². The minimum absolute atomic E-state index is 0.00295. The standard InChI is InChI=1S/C16H20F2N2O3/c1-10(4-5-21)8-19-16(23)11-6-15(22)20(9-11)14-3-2-12(17)7-13(14)18/h2-3,7,10-11,21H,4-6,8-9H2,1H3,(H,19,23). The van der Waals surface area contributed by atoms with Gasteiger partial charge in [0, 0.05) is 32.2 Å². The number of carbonyl (C=O) groups is 2. The molecule has 2 N–H and O–H groups in total. The van der Waals surface area contributed by atoms with Crippen LogP contribution in [-0.2, 0) is 9.59 Å². The Morgan fingerprint density at radius 2 is 2.22 bits per heavy atom. The summed E-state index contributed by atoms with van der Waals surface area (Å²) in [7, 11) is 0. The van der Waals surface area contributed by atoms with Gasteiger partial charge in [-0.25, -0.2) is 8.78 Å². The number of rotatable bonds is 6. The van der Waals surface area contributed by atoms with E-state index in [1.54, 1.807) is 0 Å². The SMILES string of the molecule is CC(CCO)CNC(=O)C1CC(=O)N(c2ccc(F)cc2F)C1. The van der Waals surface area contributed by atoms with E-state index < -0.39 is 17.6 Å². The monoisotopic (exact) mass is 326 g/mol. The number of hydrogen-bond donors (Lipinski definition) is 2. The lowest BCUT2D eigenvalue weighted by Crippen LogP contribution is -2.35. The van der Waals surface area contributed by atoms with Crippen LogP contribution in [0.1, 0.15) is 19.8 Å². The minimum atomic E-state index is -0.823. The molecule has 23 heavy (non-hydrogen) atoms. The third-order valence-corrected chi connectivity index (χ3v) is 3.94. The Bertz CT molecular complexity index is 595. The molecule has 5 nitrogen and oxygen atoms in total. The van der Waals surface area contributed by atoms with E-state index in [0.29, 0.717) is 19.0 Å². The molecule has 1 aromatic rings. The number of carbonyl (C=O) groups excluding carboxylic acids is 2. The summed E-state index contributed by atoms with van der Waals surface area (Å²) >= 11 is 0. The Kier molecular flexibility index (Phi) is 5.65. The molecule has 1 aromatic carbocycles. The summed E-state index contributed by atoms with van der Waals surface area (Å²) in [5, 5.41) is 11.6. The third-order valence-electron chi connectivity index (χ3n) is 3.94. The molecule has 2 amide bonds. The van der Waals surface area contributed by atoms with Crippen LogP contribution in [0.25, 0.3) is 0 Å². The Morgan fingerprint density at radius 1 is 1.48 bits per heavy atom. The van der Waals surface area contributed by atoms with Crippen LogP contribution in [0.15, 0.2) is 18.2 Å². The first-order chi connectivity index (χ1) is 10.9. The molecule has 2 rings (SSSR count). The lowest BCUT2D eigenvalue weighted by molar-refractivity contribution is -0.126. The van der Waals surface area contributed by atoms with Crippen LogP contribution in [0.2, 0.25) is 0 Å². The second-order valence-corrected chi connectivity index (χ2v) is 5.86. The molecule has 0 bridgehead atoms. The quantitative estimate of drug-likeness (QED) is 0.831. The zero-order valence-corrected chi connectivity index (χ0v) is 12.9. The van der Waals surface area contributed by atoms with Crippen molar-refractivity contribution in [1.82, 2.24) is 5.32 Å². The van der Waals surface area contributed by atoms with Crippen molar-refractivity contribution in [2.75, 3.05) is 24.6 Å². The number of halogens is 2. The first kappa shape index (κ1) is 17.3. The number of hydrogen-bond acceptors (Lipinski definition) is 3. The molecule has 0 aliphatic carbocycles. The second-order valence-electron chi connectivity index (χ2n) is 5.86. The molecule has 0 aromatic heterocycles. The van der Waals surface area contributed by atoms with Crippen LogP contribution in [0.4, 0.5) is 14.5 Å². The van der Waals surface area contributed by atoms with Crippen LogP contribution in [0.3, 0.4) is 0 Å². The summed E-state index contributed by atoms with van der Waals surface area (Å²) in [5.41, 5.74) is -0.0136. The van der Waals surface area contributed by atoms with Crippen LogP contribution < -0.4 is 10.2 Å². The number of nitrogens with zero attached hydrogens (tertiary/aromatic N) is 1. The van der Waals surface area contributed by atoms with Gasteiger partial charge >= 0.3 is 0 Å². The molecule has 1 saturated heterocycles. The van der Waals surface area contributed by atoms with Crippen molar-refractivity contribution in [2.45, 2.75) is 19.8 Å². The Labute approximate surface area is 133 Å². The predicted octanol–water partition coefficient (Wildman–Crippen LogP) is 1.45. The molecule has 1 aliphatic rings. The van der Waals surface area contributed by atoms with Gasteiger partial charge in [0.2, 0.25) is 11.8 Å². The Balaban J connectivity index is 1.98. The van der Waals surface area contributed by atoms with Gasteiger partial charge in [0.25, 0.3) is 0 Å². The normalized spacial score (nSPS) is 19.0. The summed E-state index contributed by atoms with van der Waals surface area (Å²) < 4.78 is 26.7. The Morgan fingerprint density at radius 3 is 2.87 bits per heavy atom. The molecule has 126 valence electrons. The van der Waals surface area contributed by atoms with Crippen molar-refractivity contribution in [1.29, 1.82) is 0 Å². The van der Waals surface area contributed by atoms with E-state index in [2.05, 4.69) is 5.32 Å². The molecule has 0 spiro atoms. The number of aliphatic hydroxyl groups excluding tert-OH is 1. The van der Waals surface area contributed by atoms with E-state index in [9.17, 15) is 18.4 Å². The van der Waals surface area contributed by atoms with E-state index in [-0.39, 0.29) is 43.0 Å². The molecule has 7 heteroatoms. The molecular formula is C16H20F2N2O3. The van der Waals surface area contributed by atoms with Crippen molar-refractivity contribution in [3.8, 4) is 0 Å². The van der Waals surface area contributed by atoms with Crippen molar-refractivity contribution in [2.24, 2.45) is 11.8 Å². The van der Waals surface area contributed by atoms with Gasteiger partial charge in [0.05, 0.1) is 11.6 Å². The summed E-state index contributed by atoms with van der Waals surface area (Å²) in [6, 6.07) is 2.99. The summed E-state index contributed by atoms with van der Waals surface area (Å²) in [5.74, 6) is -2.60. The van der Waals surface area contributed by atoms with Crippen LogP contribution in [0.5, 0.6) is 0 Å². The molecule has 0 radical (unpaired) electrons. The average molecular weight is 326 g/mol. The first-order valence-corrected chi connectivity index (χ1v) is 7.56. The van der Waals surface area contributed by atoms with Gasteiger partial charge in [-0.05, 0) is 24.5 Å². The number of amides is 2. The lowest BCUT2D eigenvalue weighted by atomic mass is 10.1. The fourth-order valence-corrected chi connectivity index (χ4v) is 2.56. The van der Waals surface area contributed by atoms with Crippen LogP contribution >= 0.6 is 0 Å². The second kappa shape index (κ2) is 7.50. The number of nitrogens with one attached hydrogen (secondary N) is 1. The highest BCUT2D eigenvalue weighted by Crippen LogP contribution is 2.28. The van der Waals surface area contributed by atoms with Gasteiger partial charge in [-0.2, -0.15) is 0 Å². The van der Waals surface area contributed by atoms with Gasteiger partial charge in [0.1, 0.15) is 11.6 Å². The summed E-state index contributed by atoms with van der Waals surface area (Å²) in [6.45, 7) is 2.43. The molecule has 0 saturated carbocycles. The van der Waals surface area contributed by atoms with Gasteiger partial charge < -0.3 is 15.3 Å². The van der Waals surface area contributed by atoms with Gasteiger partial charge in [-0.1, -0.05) is 6.92 Å². The molecular weight excluding hydrogens is 306 g/mol. The van der Waals surface area contributed by atoms with Crippen molar-refractivity contribution >= 4 is 17.5 Å². The summed E-state index contributed by atoms with van der Waals surface area (Å²) in [4.78, 5) is 25.3. The zero-order chi connectivity index (χ0) is 17.0. The third kappa shape index (κ3) is 4.25.